The van der Waals surface area contributed by atoms with Crippen LogP contribution in [0, 0.1) is 11.3 Å². The van der Waals surface area contributed by atoms with Gasteiger partial charge in [0.05, 0.1) is 13.0 Å². The number of benzene rings is 1. The number of carbonyl (C=O) groups is 1. The lowest BCUT2D eigenvalue weighted by Gasteiger charge is -2.40. The number of hydrogen-bond acceptors (Lipinski definition) is 4. The zero-order valence-corrected chi connectivity index (χ0v) is 14.3. The Bertz CT molecular complexity index is 615. The molecule has 24 heavy (non-hydrogen) atoms. The van der Waals surface area contributed by atoms with E-state index in [9.17, 15) is 4.79 Å². The third kappa shape index (κ3) is 2.86. The highest BCUT2D eigenvalue weighted by Crippen LogP contribution is 2.38. The highest BCUT2D eigenvalue weighted by molar-refractivity contribution is 5.80. The summed E-state index contributed by atoms with van der Waals surface area (Å²) < 4.78 is 11.1. The molecule has 3 aliphatic rings. The molecule has 1 atom stereocenters. The fourth-order valence-corrected chi connectivity index (χ4v) is 4.34. The fraction of sp³-hybridized carbons (Fsp3) is 0.632. The van der Waals surface area contributed by atoms with Gasteiger partial charge in [0, 0.05) is 19.6 Å². The van der Waals surface area contributed by atoms with Crippen LogP contribution in [-0.4, -0.2) is 50.7 Å². The van der Waals surface area contributed by atoms with E-state index < -0.39 is 0 Å². The van der Waals surface area contributed by atoms with Gasteiger partial charge in [-0.15, -0.1) is 0 Å². The monoisotopic (exact) mass is 330 g/mol. The molecule has 1 aromatic carbocycles. The number of carbonyl (C=O) groups excluding carboxylic acids is 1. The average Bonchev–Trinajstić information content (AvgIpc) is 3.09. The third-order valence-electron chi connectivity index (χ3n) is 5.99. The van der Waals surface area contributed by atoms with Crippen molar-refractivity contribution in [3.05, 3.63) is 23.8 Å². The molecule has 0 radical (unpaired) electrons. The van der Waals surface area contributed by atoms with Gasteiger partial charge in [0.15, 0.2) is 0 Å². The van der Waals surface area contributed by atoms with Crippen molar-refractivity contribution in [2.45, 2.75) is 25.7 Å². The van der Waals surface area contributed by atoms with Gasteiger partial charge in [0.1, 0.15) is 18.1 Å². The predicted molar refractivity (Wildman–Crippen MR) is 91.4 cm³/mol. The normalized spacial score (nSPS) is 25.2. The number of hydrogen-bond donors (Lipinski definition) is 1. The van der Waals surface area contributed by atoms with Gasteiger partial charge >= 0.3 is 0 Å². The van der Waals surface area contributed by atoms with E-state index in [0.717, 1.165) is 62.5 Å². The molecule has 0 aliphatic carbocycles. The van der Waals surface area contributed by atoms with Crippen LogP contribution in [-0.2, 0) is 11.2 Å². The van der Waals surface area contributed by atoms with Gasteiger partial charge in [-0.25, -0.2) is 0 Å². The Labute approximate surface area is 143 Å². The topological polar surface area (TPSA) is 50.8 Å². The maximum Gasteiger partial charge on any atom is 0.229 e. The molecule has 130 valence electrons. The van der Waals surface area contributed by atoms with Crippen LogP contribution in [0.25, 0.3) is 0 Å². The summed E-state index contributed by atoms with van der Waals surface area (Å²) in [5.41, 5.74) is 1.52. The van der Waals surface area contributed by atoms with Crippen molar-refractivity contribution in [2.24, 2.45) is 11.3 Å². The fourth-order valence-electron chi connectivity index (χ4n) is 4.34. The second-order valence-corrected chi connectivity index (χ2v) is 7.44. The minimum Gasteiger partial charge on any atom is -0.497 e. The maximum atomic E-state index is 12.9. The number of amides is 1. The van der Waals surface area contributed by atoms with E-state index in [0.29, 0.717) is 12.0 Å². The summed E-state index contributed by atoms with van der Waals surface area (Å²) in [6.07, 6.45) is 4.26. The van der Waals surface area contributed by atoms with E-state index in [1.807, 2.05) is 18.2 Å². The van der Waals surface area contributed by atoms with Gasteiger partial charge in [-0.2, -0.15) is 0 Å². The van der Waals surface area contributed by atoms with Crippen LogP contribution in [0.4, 0.5) is 0 Å². The standard InChI is InChI=1S/C19H26N2O3/c1-23-16-2-3-17-14(11-16)10-15(12-24-17)18(22)21-8-5-19(6-9-21)4-7-20-13-19/h2-3,11,15,20H,4-10,12-13H2,1H3. The molecule has 0 bridgehead atoms. The maximum absolute atomic E-state index is 12.9. The number of fused-ring (bicyclic) bond motifs is 1. The van der Waals surface area contributed by atoms with Gasteiger partial charge in [-0.05, 0) is 61.4 Å². The molecule has 1 unspecified atom stereocenters. The Morgan fingerprint density at radius 3 is 2.88 bits per heavy atom. The summed E-state index contributed by atoms with van der Waals surface area (Å²) in [7, 11) is 1.66. The smallest absolute Gasteiger partial charge is 0.229 e. The predicted octanol–water partition coefficient (Wildman–Crippen LogP) is 1.85. The van der Waals surface area contributed by atoms with Crippen molar-refractivity contribution in [1.29, 1.82) is 0 Å². The molecule has 2 fully saturated rings. The average molecular weight is 330 g/mol. The summed E-state index contributed by atoms with van der Waals surface area (Å²) in [6, 6.07) is 5.83. The van der Waals surface area contributed by atoms with Crippen molar-refractivity contribution in [3.63, 3.8) is 0 Å². The zero-order chi connectivity index (χ0) is 16.6. The first-order chi connectivity index (χ1) is 11.7. The molecule has 3 aliphatic heterocycles. The van der Waals surface area contributed by atoms with E-state index in [4.69, 9.17) is 9.47 Å². The second-order valence-electron chi connectivity index (χ2n) is 7.44. The summed E-state index contributed by atoms with van der Waals surface area (Å²) in [5, 5.41) is 3.48. The van der Waals surface area contributed by atoms with Crippen LogP contribution in [0.5, 0.6) is 11.5 Å². The summed E-state index contributed by atoms with van der Waals surface area (Å²) in [6.45, 7) is 4.52. The quantitative estimate of drug-likeness (QED) is 0.899. The molecule has 3 heterocycles. The lowest BCUT2D eigenvalue weighted by Crippen LogP contribution is -2.48. The van der Waals surface area contributed by atoms with Gasteiger partial charge < -0.3 is 19.7 Å². The molecule has 5 heteroatoms. The first-order valence-electron chi connectivity index (χ1n) is 8.98. The molecule has 5 nitrogen and oxygen atoms in total. The Balaban J connectivity index is 1.40. The summed E-state index contributed by atoms with van der Waals surface area (Å²) >= 11 is 0. The van der Waals surface area contributed by atoms with Crippen LogP contribution >= 0.6 is 0 Å². The van der Waals surface area contributed by atoms with Crippen molar-refractivity contribution in [3.8, 4) is 11.5 Å². The summed E-state index contributed by atoms with van der Waals surface area (Å²) in [5.74, 6) is 1.89. The minimum absolute atomic E-state index is 0.0691. The van der Waals surface area contributed by atoms with Crippen LogP contribution < -0.4 is 14.8 Å². The Morgan fingerprint density at radius 1 is 1.33 bits per heavy atom. The Hall–Kier alpha value is -1.75. The van der Waals surface area contributed by atoms with E-state index in [1.54, 1.807) is 7.11 Å². The number of ether oxygens (including phenoxy) is 2. The first-order valence-corrected chi connectivity index (χ1v) is 8.98. The van der Waals surface area contributed by atoms with Crippen molar-refractivity contribution >= 4 is 5.91 Å². The van der Waals surface area contributed by atoms with Crippen LogP contribution in [0.3, 0.4) is 0 Å². The SMILES string of the molecule is COc1ccc2c(c1)CC(C(=O)N1CCC3(CCNC3)CC1)CO2. The lowest BCUT2D eigenvalue weighted by molar-refractivity contribution is -0.139. The highest BCUT2D eigenvalue weighted by Gasteiger charge is 2.39. The van der Waals surface area contributed by atoms with Crippen molar-refractivity contribution < 1.29 is 14.3 Å². The molecule has 1 spiro atoms. The van der Waals surface area contributed by atoms with Gasteiger partial charge in [0.2, 0.25) is 5.91 Å². The molecule has 0 saturated carbocycles. The second kappa shape index (κ2) is 6.28. The van der Waals surface area contributed by atoms with E-state index >= 15 is 0 Å². The molecule has 2 saturated heterocycles. The molecule has 1 N–H and O–H groups in total. The Morgan fingerprint density at radius 2 is 2.17 bits per heavy atom. The molecule has 4 rings (SSSR count). The number of likely N-dealkylation sites (tertiary alicyclic amines) is 1. The van der Waals surface area contributed by atoms with Crippen molar-refractivity contribution in [2.75, 3.05) is 39.9 Å². The Kier molecular flexibility index (Phi) is 4.12. The molecule has 1 amide bonds. The molecule has 0 aromatic heterocycles. The summed E-state index contributed by atoms with van der Waals surface area (Å²) in [4.78, 5) is 15.0. The molecular weight excluding hydrogens is 304 g/mol. The highest BCUT2D eigenvalue weighted by atomic mass is 16.5. The largest absolute Gasteiger partial charge is 0.497 e. The van der Waals surface area contributed by atoms with E-state index in [1.165, 1.54) is 6.42 Å². The minimum atomic E-state index is -0.0691. The first kappa shape index (κ1) is 15.8. The van der Waals surface area contributed by atoms with E-state index in [-0.39, 0.29) is 11.8 Å². The number of methoxy groups -OCH3 is 1. The van der Waals surface area contributed by atoms with Crippen LogP contribution in [0.1, 0.15) is 24.8 Å². The van der Waals surface area contributed by atoms with E-state index in [2.05, 4.69) is 10.2 Å². The number of piperidine rings is 1. The molecular formula is C19H26N2O3. The number of nitrogens with zero attached hydrogens (tertiary/aromatic N) is 1. The number of nitrogens with one attached hydrogen (secondary N) is 1. The third-order valence-corrected chi connectivity index (χ3v) is 5.99. The zero-order valence-electron chi connectivity index (χ0n) is 14.3. The van der Waals surface area contributed by atoms with Gasteiger partial charge in [-0.3, -0.25) is 4.79 Å². The van der Waals surface area contributed by atoms with Gasteiger partial charge in [0.25, 0.3) is 0 Å². The van der Waals surface area contributed by atoms with Crippen molar-refractivity contribution in [1.82, 2.24) is 10.2 Å². The number of rotatable bonds is 2. The van der Waals surface area contributed by atoms with Gasteiger partial charge in [-0.1, -0.05) is 0 Å². The van der Waals surface area contributed by atoms with Crippen LogP contribution in [0.2, 0.25) is 0 Å². The molecule has 1 aromatic rings. The lowest BCUT2D eigenvalue weighted by atomic mass is 9.77. The van der Waals surface area contributed by atoms with Crippen LogP contribution in [0.15, 0.2) is 18.2 Å².